The van der Waals surface area contributed by atoms with E-state index in [1.807, 2.05) is 13.8 Å². The van der Waals surface area contributed by atoms with Gasteiger partial charge in [-0.3, -0.25) is 4.79 Å². The number of carbonyl (C=O) groups is 1. The minimum Gasteiger partial charge on any atom is -0.377 e. The van der Waals surface area contributed by atoms with Crippen LogP contribution in [0.15, 0.2) is 12.5 Å². The maximum Gasteiger partial charge on any atom is 0.168 e. The number of hydrogen-bond donors (Lipinski definition) is 0. The lowest BCUT2D eigenvalue weighted by Gasteiger charge is -2.08. The van der Waals surface area contributed by atoms with Crippen LogP contribution in [0.25, 0.3) is 0 Å². The van der Waals surface area contributed by atoms with Gasteiger partial charge in [-0.15, -0.1) is 0 Å². The van der Waals surface area contributed by atoms with Crippen LogP contribution in [0.1, 0.15) is 24.3 Å². The van der Waals surface area contributed by atoms with Crippen molar-refractivity contribution in [1.82, 2.24) is 9.55 Å². The van der Waals surface area contributed by atoms with Crippen LogP contribution in [0.4, 0.5) is 0 Å². The van der Waals surface area contributed by atoms with E-state index in [4.69, 9.17) is 4.74 Å². The smallest absolute Gasteiger partial charge is 0.168 e. The fraction of sp³-hybridized carbons (Fsp3) is 0.556. The first-order chi connectivity index (χ1) is 6.24. The molecule has 1 rings (SSSR count). The predicted octanol–water partition coefficient (Wildman–Crippen LogP) is 1.12. The van der Waals surface area contributed by atoms with Crippen molar-refractivity contribution in [2.24, 2.45) is 0 Å². The molecule has 0 N–H and O–H groups in total. The van der Waals surface area contributed by atoms with E-state index in [1.54, 1.807) is 17.1 Å². The zero-order valence-corrected chi connectivity index (χ0v) is 7.93. The standard InChI is InChI=1S/C9H14N2O2/c1-8(2)13-4-3-11-7-10-5-9(11)6-12/h5-8H,3-4H2,1-2H3. The molecule has 4 nitrogen and oxygen atoms in total. The molecule has 0 aliphatic heterocycles. The van der Waals surface area contributed by atoms with E-state index in [0.717, 1.165) is 6.29 Å². The number of rotatable bonds is 5. The van der Waals surface area contributed by atoms with E-state index in [0.29, 0.717) is 18.8 Å². The molecule has 0 fully saturated rings. The van der Waals surface area contributed by atoms with Gasteiger partial charge in [-0.2, -0.15) is 0 Å². The van der Waals surface area contributed by atoms with Gasteiger partial charge in [0.25, 0.3) is 0 Å². The summed E-state index contributed by atoms with van der Waals surface area (Å²) in [5, 5.41) is 0. The number of hydrogen-bond acceptors (Lipinski definition) is 3. The van der Waals surface area contributed by atoms with Gasteiger partial charge in [-0.05, 0) is 13.8 Å². The lowest BCUT2D eigenvalue weighted by molar-refractivity contribution is 0.0723. The van der Waals surface area contributed by atoms with Gasteiger partial charge in [-0.25, -0.2) is 4.98 Å². The van der Waals surface area contributed by atoms with E-state index in [1.165, 1.54) is 0 Å². The molecule has 1 aromatic rings. The molecule has 72 valence electrons. The Kier molecular flexibility index (Phi) is 3.64. The van der Waals surface area contributed by atoms with Crippen LogP contribution in [-0.4, -0.2) is 28.5 Å². The van der Waals surface area contributed by atoms with Crippen LogP contribution in [0.3, 0.4) is 0 Å². The molecule has 0 aliphatic carbocycles. The van der Waals surface area contributed by atoms with Gasteiger partial charge in [-0.1, -0.05) is 0 Å². The number of nitrogens with zero attached hydrogens (tertiary/aromatic N) is 2. The zero-order valence-electron chi connectivity index (χ0n) is 7.93. The summed E-state index contributed by atoms with van der Waals surface area (Å²) in [6, 6.07) is 0. The van der Waals surface area contributed by atoms with Crippen LogP contribution in [-0.2, 0) is 11.3 Å². The van der Waals surface area contributed by atoms with Gasteiger partial charge in [0.15, 0.2) is 6.29 Å². The predicted molar refractivity (Wildman–Crippen MR) is 48.7 cm³/mol. The van der Waals surface area contributed by atoms with Crippen LogP contribution in [0.2, 0.25) is 0 Å². The number of ether oxygens (including phenoxy) is 1. The largest absolute Gasteiger partial charge is 0.377 e. The summed E-state index contributed by atoms with van der Waals surface area (Å²) in [5.41, 5.74) is 0.590. The Bertz CT molecular complexity index is 268. The molecule has 0 unspecified atom stereocenters. The maximum absolute atomic E-state index is 10.5. The van der Waals surface area contributed by atoms with Gasteiger partial charge in [0.2, 0.25) is 0 Å². The fourth-order valence-electron chi connectivity index (χ4n) is 1.00. The minimum atomic E-state index is 0.225. The van der Waals surface area contributed by atoms with Crippen molar-refractivity contribution >= 4 is 6.29 Å². The first-order valence-corrected chi connectivity index (χ1v) is 4.31. The van der Waals surface area contributed by atoms with Crippen molar-refractivity contribution in [3.63, 3.8) is 0 Å². The van der Waals surface area contributed by atoms with E-state index >= 15 is 0 Å². The van der Waals surface area contributed by atoms with Crippen LogP contribution < -0.4 is 0 Å². The highest BCUT2D eigenvalue weighted by molar-refractivity contribution is 5.71. The Morgan fingerprint density at radius 1 is 1.69 bits per heavy atom. The topological polar surface area (TPSA) is 44.1 Å². The maximum atomic E-state index is 10.5. The Morgan fingerprint density at radius 2 is 2.46 bits per heavy atom. The Labute approximate surface area is 77.5 Å². The van der Waals surface area contributed by atoms with Crippen molar-refractivity contribution in [1.29, 1.82) is 0 Å². The third kappa shape index (κ3) is 2.99. The van der Waals surface area contributed by atoms with Gasteiger partial charge in [0.1, 0.15) is 5.69 Å². The fourth-order valence-corrected chi connectivity index (χ4v) is 1.00. The highest BCUT2D eigenvalue weighted by Gasteiger charge is 2.00. The van der Waals surface area contributed by atoms with E-state index < -0.39 is 0 Å². The Balaban J connectivity index is 2.40. The van der Waals surface area contributed by atoms with Gasteiger partial charge in [0, 0.05) is 6.54 Å². The molecular formula is C9H14N2O2. The second-order valence-electron chi connectivity index (χ2n) is 3.05. The molecule has 0 amide bonds. The summed E-state index contributed by atoms with van der Waals surface area (Å²) in [6.45, 7) is 5.24. The second kappa shape index (κ2) is 4.77. The lowest BCUT2D eigenvalue weighted by atomic mass is 10.5. The van der Waals surface area contributed by atoms with Gasteiger partial charge < -0.3 is 9.30 Å². The molecule has 0 bridgehead atoms. The third-order valence-corrected chi connectivity index (χ3v) is 1.65. The van der Waals surface area contributed by atoms with Crippen LogP contribution >= 0.6 is 0 Å². The quantitative estimate of drug-likeness (QED) is 0.641. The summed E-state index contributed by atoms with van der Waals surface area (Å²) in [6.07, 6.45) is 4.20. The van der Waals surface area contributed by atoms with Crippen molar-refractivity contribution < 1.29 is 9.53 Å². The van der Waals surface area contributed by atoms with Crippen molar-refractivity contribution in [2.45, 2.75) is 26.5 Å². The van der Waals surface area contributed by atoms with Crippen LogP contribution in [0.5, 0.6) is 0 Å². The molecule has 0 spiro atoms. The third-order valence-electron chi connectivity index (χ3n) is 1.65. The summed E-state index contributed by atoms with van der Waals surface area (Å²) < 4.78 is 7.12. The van der Waals surface area contributed by atoms with E-state index in [2.05, 4.69) is 4.98 Å². The lowest BCUT2D eigenvalue weighted by Crippen LogP contribution is -2.11. The summed E-state index contributed by atoms with van der Waals surface area (Å²) in [7, 11) is 0. The average molecular weight is 182 g/mol. The molecule has 1 aromatic heterocycles. The van der Waals surface area contributed by atoms with Crippen molar-refractivity contribution in [2.75, 3.05) is 6.61 Å². The first-order valence-electron chi connectivity index (χ1n) is 4.31. The normalized spacial score (nSPS) is 10.7. The summed E-state index contributed by atoms with van der Waals surface area (Å²) in [5.74, 6) is 0. The molecule has 0 atom stereocenters. The molecule has 0 radical (unpaired) electrons. The highest BCUT2D eigenvalue weighted by atomic mass is 16.5. The number of aldehydes is 1. The summed E-state index contributed by atoms with van der Waals surface area (Å²) in [4.78, 5) is 14.4. The zero-order chi connectivity index (χ0) is 9.68. The molecule has 4 heteroatoms. The SMILES string of the molecule is CC(C)OCCn1cncc1C=O. The molecule has 0 aliphatic rings. The molecule has 1 heterocycles. The number of imidazole rings is 1. The van der Waals surface area contributed by atoms with Crippen molar-refractivity contribution in [3.05, 3.63) is 18.2 Å². The molecular weight excluding hydrogens is 168 g/mol. The van der Waals surface area contributed by atoms with Crippen molar-refractivity contribution in [3.8, 4) is 0 Å². The molecule has 0 aromatic carbocycles. The number of carbonyl (C=O) groups excluding carboxylic acids is 1. The molecule has 13 heavy (non-hydrogen) atoms. The highest BCUT2D eigenvalue weighted by Crippen LogP contribution is 1.96. The summed E-state index contributed by atoms with van der Waals surface area (Å²) >= 11 is 0. The van der Waals surface area contributed by atoms with E-state index in [-0.39, 0.29) is 6.10 Å². The Hall–Kier alpha value is -1.16. The minimum absolute atomic E-state index is 0.225. The van der Waals surface area contributed by atoms with Crippen LogP contribution in [0, 0.1) is 0 Å². The Morgan fingerprint density at radius 3 is 3.08 bits per heavy atom. The van der Waals surface area contributed by atoms with Gasteiger partial charge >= 0.3 is 0 Å². The number of aromatic nitrogens is 2. The molecule has 0 saturated heterocycles. The second-order valence-corrected chi connectivity index (χ2v) is 3.05. The first kappa shape index (κ1) is 9.92. The van der Waals surface area contributed by atoms with Gasteiger partial charge in [0.05, 0.1) is 25.2 Å². The van der Waals surface area contributed by atoms with E-state index in [9.17, 15) is 4.79 Å². The monoisotopic (exact) mass is 182 g/mol. The molecule has 0 saturated carbocycles. The average Bonchev–Trinajstić information content (AvgIpc) is 2.51.